The van der Waals surface area contributed by atoms with E-state index < -0.39 is 12.2 Å². The standard InChI is InChI=1S/C29H28ClFN8O2S.ClH/c1-41-27-20(17-2-4-19(5-3-17)37-9-6-32-7-10-37)13-22(30)21-15-39(36-24(21)27)26(28(40)35-29-33-8-11-42-29)25-23-12-18(31)14-38(23)16-34-25;/h2-5,8,11,13,15-16,18,26,32H,6-7,9-10,12,14H2,1H3,(H,33,35,40);1H/t18-,26?;/m1./s1. The zero-order valence-corrected chi connectivity index (χ0v) is 25.6. The van der Waals surface area contributed by atoms with Crippen molar-refractivity contribution in [3.63, 3.8) is 0 Å². The van der Waals surface area contributed by atoms with Crippen LogP contribution in [0, 0.1) is 0 Å². The molecule has 3 aromatic heterocycles. The number of alkyl halides is 1. The summed E-state index contributed by atoms with van der Waals surface area (Å²) in [6.07, 6.45) is 4.05. The second-order valence-electron chi connectivity index (χ2n) is 10.4. The van der Waals surface area contributed by atoms with Crippen molar-refractivity contribution in [3.05, 3.63) is 70.8 Å². The molecule has 2 N–H and O–H groups in total. The van der Waals surface area contributed by atoms with E-state index in [-0.39, 0.29) is 31.3 Å². The number of nitrogens with one attached hydrogen (secondary N) is 2. The Morgan fingerprint density at radius 1 is 1.23 bits per heavy atom. The van der Waals surface area contributed by atoms with E-state index in [4.69, 9.17) is 21.4 Å². The zero-order chi connectivity index (χ0) is 28.8. The van der Waals surface area contributed by atoms with Crippen LogP contribution in [-0.2, 0) is 17.8 Å². The highest BCUT2D eigenvalue weighted by Crippen LogP contribution is 2.41. The number of hydrogen-bond acceptors (Lipinski definition) is 8. The van der Waals surface area contributed by atoms with Crippen molar-refractivity contribution in [2.45, 2.75) is 25.2 Å². The minimum Gasteiger partial charge on any atom is -0.494 e. The van der Waals surface area contributed by atoms with Gasteiger partial charge in [-0.1, -0.05) is 23.7 Å². The van der Waals surface area contributed by atoms with E-state index in [0.717, 1.165) is 43.0 Å². The molecule has 224 valence electrons. The van der Waals surface area contributed by atoms with Crippen LogP contribution < -0.4 is 20.3 Å². The molecular weight excluding hydrogens is 614 g/mol. The van der Waals surface area contributed by atoms with Crippen LogP contribution >= 0.6 is 35.3 Å². The van der Waals surface area contributed by atoms with Crippen LogP contribution in [0.3, 0.4) is 0 Å². The Labute approximate surface area is 262 Å². The third-order valence-corrected chi connectivity index (χ3v) is 8.81. The number of carbonyl (C=O) groups excluding carboxylic acids is 1. The molecule has 2 atom stereocenters. The van der Waals surface area contributed by atoms with E-state index in [2.05, 4.69) is 49.8 Å². The lowest BCUT2D eigenvalue weighted by Gasteiger charge is -2.29. The van der Waals surface area contributed by atoms with Crippen molar-refractivity contribution in [1.29, 1.82) is 0 Å². The highest BCUT2D eigenvalue weighted by molar-refractivity contribution is 7.13. The van der Waals surface area contributed by atoms with E-state index in [0.29, 0.717) is 38.2 Å². The number of carbonyl (C=O) groups is 1. The second-order valence-corrected chi connectivity index (χ2v) is 11.7. The number of anilines is 2. The number of nitrogens with zero attached hydrogens (tertiary/aromatic N) is 6. The van der Waals surface area contributed by atoms with Gasteiger partial charge in [0.15, 0.2) is 16.9 Å². The maximum Gasteiger partial charge on any atom is 0.257 e. The van der Waals surface area contributed by atoms with Crippen molar-refractivity contribution < 1.29 is 13.9 Å². The summed E-state index contributed by atoms with van der Waals surface area (Å²) in [5.74, 6) is 0.154. The first-order valence-corrected chi connectivity index (χ1v) is 15.0. The van der Waals surface area contributed by atoms with Gasteiger partial charge in [0, 0.05) is 72.7 Å². The summed E-state index contributed by atoms with van der Waals surface area (Å²) in [6.45, 7) is 4.05. The molecule has 0 aliphatic carbocycles. The third-order valence-electron chi connectivity index (χ3n) is 7.81. The Morgan fingerprint density at radius 3 is 2.74 bits per heavy atom. The quantitative estimate of drug-likeness (QED) is 0.258. The summed E-state index contributed by atoms with van der Waals surface area (Å²) < 4.78 is 23.5. The van der Waals surface area contributed by atoms with Gasteiger partial charge in [0.25, 0.3) is 5.91 Å². The molecule has 1 amide bonds. The molecule has 10 nitrogen and oxygen atoms in total. The summed E-state index contributed by atoms with van der Waals surface area (Å²) in [4.78, 5) is 24.8. The molecule has 2 aliphatic rings. The molecule has 0 saturated carbocycles. The number of hydrogen-bond donors (Lipinski definition) is 2. The van der Waals surface area contributed by atoms with Gasteiger partial charge in [0.2, 0.25) is 0 Å². The Hall–Kier alpha value is -3.71. The average Bonchev–Trinajstić information content (AvgIpc) is 3.81. The van der Waals surface area contributed by atoms with Gasteiger partial charge in [0.1, 0.15) is 11.7 Å². The summed E-state index contributed by atoms with van der Waals surface area (Å²) in [5, 5.41) is 14.4. The van der Waals surface area contributed by atoms with Gasteiger partial charge in [-0.25, -0.2) is 14.4 Å². The number of piperazine rings is 1. The van der Waals surface area contributed by atoms with Crippen LogP contribution in [0.5, 0.6) is 5.75 Å². The molecule has 1 fully saturated rings. The highest BCUT2D eigenvalue weighted by atomic mass is 35.5. The first-order chi connectivity index (χ1) is 20.5. The number of ether oxygens (including phenoxy) is 1. The Morgan fingerprint density at radius 2 is 2.02 bits per heavy atom. The van der Waals surface area contributed by atoms with Crippen molar-refractivity contribution in [3.8, 4) is 16.9 Å². The Bertz CT molecular complexity index is 1750. The summed E-state index contributed by atoms with van der Waals surface area (Å²) >= 11 is 8.15. The first kappa shape index (κ1) is 29.4. The maximum atomic E-state index is 14.3. The molecule has 1 unspecified atom stereocenters. The molecule has 5 heterocycles. The van der Waals surface area contributed by atoms with E-state index in [9.17, 15) is 9.18 Å². The molecule has 5 aromatic rings. The van der Waals surface area contributed by atoms with E-state index >= 15 is 0 Å². The number of benzene rings is 2. The van der Waals surface area contributed by atoms with E-state index in [1.54, 1.807) is 35.8 Å². The Balaban J connectivity index is 0.00000329. The molecule has 0 spiro atoms. The number of fused-ring (bicyclic) bond motifs is 2. The number of imidazole rings is 1. The van der Waals surface area contributed by atoms with Crippen molar-refractivity contribution in [2.75, 3.05) is 43.5 Å². The molecule has 14 heteroatoms. The van der Waals surface area contributed by atoms with Crippen LogP contribution in [0.15, 0.2) is 54.4 Å². The number of methoxy groups -OCH3 is 1. The summed E-state index contributed by atoms with van der Waals surface area (Å²) in [6, 6.07) is 9.20. The van der Waals surface area contributed by atoms with Crippen molar-refractivity contribution >= 4 is 63.0 Å². The van der Waals surface area contributed by atoms with Gasteiger partial charge in [-0.15, -0.1) is 23.7 Å². The van der Waals surface area contributed by atoms with Crippen LogP contribution in [-0.4, -0.2) is 69.7 Å². The van der Waals surface area contributed by atoms with Gasteiger partial charge >= 0.3 is 0 Å². The lowest BCUT2D eigenvalue weighted by Crippen LogP contribution is -2.43. The third kappa shape index (κ3) is 5.44. The molecular formula is C29H29Cl2FN8O2S. The average molecular weight is 644 g/mol. The fourth-order valence-electron chi connectivity index (χ4n) is 5.81. The van der Waals surface area contributed by atoms with Crippen LogP contribution in [0.4, 0.5) is 15.2 Å². The van der Waals surface area contributed by atoms with E-state index in [1.165, 1.54) is 16.0 Å². The minimum atomic E-state index is -1.03. The number of aromatic nitrogens is 5. The van der Waals surface area contributed by atoms with Gasteiger partial charge in [-0.3, -0.25) is 14.8 Å². The Kier molecular flexibility index (Phi) is 8.27. The lowest BCUT2D eigenvalue weighted by molar-refractivity contribution is -0.118. The first-order valence-electron chi connectivity index (χ1n) is 13.7. The number of thiazole rings is 1. The summed E-state index contributed by atoms with van der Waals surface area (Å²) in [7, 11) is 1.59. The monoisotopic (exact) mass is 642 g/mol. The van der Waals surface area contributed by atoms with Gasteiger partial charge in [0.05, 0.1) is 30.7 Å². The number of amides is 1. The fourth-order valence-corrected chi connectivity index (χ4v) is 6.59. The minimum absolute atomic E-state index is 0. The molecule has 2 aromatic carbocycles. The molecule has 43 heavy (non-hydrogen) atoms. The van der Waals surface area contributed by atoms with E-state index in [1.807, 2.05) is 6.07 Å². The molecule has 0 radical (unpaired) electrons. The molecule has 1 saturated heterocycles. The number of rotatable bonds is 7. The van der Waals surface area contributed by atoms with Crippen LogP contribution in [0.1, 0.15) is 17.4 Å². The van der Waals surface area contributed by atoms with Crippen LogP contribution in [0.25, 0.3) is 22.0 Å². The number of halogens is 3. The second kappa shape index (κ2) is 12.1. The normalized spacial score (nSPS) is 17.0. The van der Waals surface area contributed by atoms with Crippen molar-refractivity contribution in [1.82, 2.24) is 29.6 Å². The lowest BCUT2D eigenvalue weighted by atomic mass is 10.0. The summed E-state index contributed by atoms with van der Waals surface area (Å²) in [5.41, 5.74) is 4.51. The topological polar surface area (TPSA) is 102 Å². The van der Waals surface area contributed by atoms with Gasteiger partial charge in [-0.2, -0.15) is 5.10 Å². The largest absolute Gasteiger partial charge is 0.494 e. The molecule has 7 rings (SSSR count). The molecule has 0 bridgehead atoms. The highest BCUT2D eigenvalue weighted by Gasteiger charge is 2.35. The predicted molar refractivity (Wildman–Crippen MR) is 169 cm³/mol. The fraction of sp³-hybridized carbons (Fsp3) is 0.310. The van der Waals surface area contributed by atoms with Crippen molar-refractivity contribution in [2.24, 2.45) is 0 Å². The zero-order valence-electron chi connectivity index (χ0n) is 23.2. The maximum absolute atomic E-state index is 14.3. The SMILES string of the molecule is COc1c(-c2ccc(N3CCNCC3)cc2)cc(Cl)c2cn(C(C(=O)Nc3nccs3)c3ncn4c3C[C@@H](F)C4)nc12.Cl. The van der Waals surface area contributed by atoms with Crippen LogP contribution in [0.2, 0.25) is 5.02 Å². The van der Waals surface area contributed by atoms with Gasteiger partial charge < -0.3 is 19.5 Å². The molecule has 2 aliphatic heterocycles. The van der Waals surface area contributed by atoms with Gasteiger partial charge in [-0.05, 0) is 23.8 Å². The predicted octanol–water partition coefficient (Wildman–Crippen LogP) is 4.97. The smallest absolute Gasteiger partial charge is 0.257 e.